The van der Waals surface area contributed by atoms with E-state index < -0.39 is 40.2 Å². The lowest BCUT2D eigenvalue weighted by molar-refractivity contribution is -0.139. The number of carbonyl (C=O) groups is 2. The SMILES string of the molecule is CCNC(=O)C(C)N(Cc1ccccc1F)C(=O)CN(c1ccc(OCc2ccccc2)cc1)S(C)(=O)=O. The topological polar surface area (TPSA) is 96.0 Å². The number of amides is 2. The van der Waals surface area contributed by atoms with Crippen molar-refractivity contribution in [2.75, 3.05) is 23.7 Å². The van der Waals surface area contributed by atoms with E-state index in [1.165, 1.54) is 30.0 Å². The van der Waals surface area contributed by atoms with E-state index in [4.69, 9.17) is 4.74 Å². The van der Waals surface area contributed by atoms with Crippen molar-refractivity contribution >= 4 is 27.5 Å². The summed E-state index contributed by atoms with van der Waals surface area (Å²) in [5, 5.41) is 2.65. The Bertz CT molecular complexity index is 1330. The van der Waals surface area contributed by atoms with Crippen molar-refractivity contribution in [2.24, 2.45) is 0 Å². The molecule has 0 aliphatic carbocycles. The second-order valence-electron chi connectivity index (χ2n) is 8.72. The third-order valence-electron chi connectivity index (χ3n) is 5.87. The van der Waals surface area contributed by atoms with E-state index in [0.29, 0.717) is 18.9 Å². The molecule has 3 aromatic carbocycles. The molecule has 202 valence electrons. The van der Waals surface area contributed by atoms with Crippen LogP contribution in [0.3, 0.4) is 0 Å². The van der Waals surface area contributed by atoms with Gasteiger partial charge in [-0.2, -0.15) is 0 Å². The van der Waals surface area contributed by atoms with Gasteiger partial charge in [0.25, 0.3) is 0 Å². The average molecular weight is 542 g/mol. The molecule has 3 aromatic rings. The lowest BCUT2D eigenvalue weighted by Crippen LogP contribution is -2.51. The molecule has 0 radical (unpaired) electrons. The summed E-state index contributed by atoms with van der Waals surface area (Å²) in [5.41, 5.74) is 1.45. The maximum Gasteiger partial charge on any atom is 0.244 e. The van der Waals surface area contributed by atoms with Crippen LogP contribution >= 0.6 is 0 Å². The van der Waals surface area contributed by atoms with Crippen LogP contribution in [0.4, 0.5) is 10.1 Å². The maximum absolute atomic E-state index is 14.4. The molecule has 0 saturated carbocycles. The lowest BCUT2D eigenvalue weighted by Gasteiger charge is -2.31. The molecular formula is C28H32FN3O5S. The summed E-state index contributed by atoms with van der Waals surface area (Å²) >= 11 is 0. The van der Waals surface area contributed by atoms with E-state index in [2.05, 4.69) is 5.32 Å². The normalized spacial score (nSPS) is 11.9. The van der Waals surface area contributed by atoms with Crippen molar-refractivity contribution in [3.63, 3.8) is 0 Å². The number of hydrogen-bond acceptors (Lipinski definition) is 5. The largest absolute Gasteiger partial charge is 0.489 e. The summed E-state index contributed by atoms with van der Waals surface area (Å²) in [6.07, 6.45) is 0.995. The quantitative estimate of drug-likeness (QED) is 0.377. The molecule has 38 heavy (non-hydrogen) atoms. The van der Waals surface area contributed by atoms with Crippen molar-refractivity contribution in [3.05, 3.63) is 95.8 Å². The van der Waals surface area contributed by atoms with Crippen LogP contribution in [0.2, 0.25) is 0 Å². The van der Waals surface area contributed by atoms with Crippen LogP contribution in [0.15, 0.2) is 78.9 Å². The number of anilines is 1. The predicted molar refractivity (Wildman–Crippen MR) is 145 cm³/mol. The van der Waals surface area contributed by atoms with Gasteiger partial charge in [-0.3, -0.25) is 13.9 Å². The number of sulfonamides is 1. The number of rotatable bonds is 12. The number of ether oxygens (including phenoxy) is 1. The molecule has 0 spiro atoms. The number of halogens is 1. The summed E-state index contributed by atoms with van der Waals surface area (Å²) in [4.78, 5) is 27.2. The molecule has 0 fully saturated rings. The molecule has 0 bridgehead atoms. The molecule has 0 heterocycles. The highest BCUT2D eigenvalue weighted by Gasteiger charge is 2.30. The van der Waals surface area contributed by atoms with Crippen molar-refractivity contribution < 1.29 is 27.1 Å². The monoisotopic (exact) mass is 541 g/mol. The predicted octanol–water partition coefficient (Wildman–Crippen LogP) is 3.72. The molecule has 8 nitrogen and oxygen atoms in total. The van der Waals surface area contributed by atoms with Crippen molar-refractivity contribution in [1.82, 2.24) is 10.2 Å². The smallest absolute Gasteiger partial charge is 0.244 e. The fraction of sp³-hybridized carbons (Fsp3) is 0.286. The number of hydrogen-bond donors (Lipinski definition) is 1. The van der Waals surface area contributed by atoms with Gasteiger partial charge in [0, 0.05) is 18.7 Å². The Balaban J connectivity index is 1.82. The average Bonchev–Trinajstić information content (AvgIpc) is 2.90. The standard InChI is InChI=1S/C28H32FN3O5S/c1-4-30-28(34)21(2)31(18-23-12-8-9-13-26(23)29)27(33)19-32(38(3,35)36)24-14-16-25(17-15-24)37-20-22-10-6-5-7-11-22/h5-17,21H,4,18-20H2,1-3H3,(H,30,34). The van der Waals surface area contributed by atoms with Gasteiger partial charge in [-0.15, -0.1) is 0 Å². The number of likely N-dealkylation sites (N-methyl/N-ethyl adjacent to an activating group) is 1. The van der Waals surface area contributed by atoms with Crippen LogP contribution in [0.1, 0.15) is 25.0 Å². The van der Waals surface area contributed by atoms with Crippen LogP contribution in [-0.4, -0.2) is 50.5 Å². The van der Waals surface area contributed by atoms with Crippen molar-refractivity contribution in [3.8, 4) is 5.75 Å². The van der Waals surface area contributed by atoms with Crippen LogP contribution in [0.25, 0.3) is 0 Å². The number of benzene rings is 3. The second-order valence-corrected chi connectivity index (χ2v) is 10.6. The van der Waals surface area contributed by atoms with Gasteiger partial charge >= 0.3 is 0 Å². The van der Waals surface area contributed by atoms with Crippen molar-refractivity contribution in [2.45, 2.75) is 33.0 Å². The van der Waals surface area contributed by atoms with E-state index in [-0.39, 0.29) is 17.8 Å². The highest BCUT2D eigenvalue weighted by atomic mass is 32.2. The molecule has 0 aliphatic heterocycles. The minimum atomic E-state index is -3.88. The van der Waals surface area contributed by atoms with Gasteiger partial charge < -0.3 is 15.0 Å². The first-order chi connectivity index (χ1) is 18.1. The third-order valence-corrected chi connectivity index (χ3v) is 7.01. The molecular weight excluding hydrogens is 509 g/mol. The minimum absolute atomic E-state index is 0.201. The molecule has 0 saturated heterocycles. The van der Waals surface area contributed by atoms with E-state index in [1.54, 1.807) is 37.3 Å². The second kappa shape index (κ2) is 13.0. The zero-order valence-electron chi connectivity index (χ0n) is 21.6. The number of carbonyl (C=O) groups excluding carboxylic acids is 2. The van der Waals surface area contributed by atoms with Gasteiger partial charge in [0.1, 0.15) is 30.8 Å². The molecule has 2 amide bonds. The molecule has 10 heteroatoms. The van der Waals surface area contributed by atoms with Gasteiger partial charge in [-0.25, -0.2) is 12.8 Å². The highest BCUT2D eigenvalue weighted by molar-refractivity contribution is 7.92. The first-order valence-corrected chi connectivity index (χ1v) is 14.0. The molecule has 0 aromatic heterocycles. The van der Waals surface area contributed by atoms with Gasteiger partial charge in [-0.05, 0) is 49.7 Å². The molecule has 3 rings (SSSR count). The van der Waals surface area contributed by atoms with Crippen LogP contribution < -0.4 is 14.4 Å². The Morgan fingerprint density at radius 1 is 0.974 bits per heavy atom. The Labute approximate surface area is 223 Å². The Kier molecular flexibility index (Phi) is 9.84. The fourth-order valence-corrected chi connectivity index (χ4v) is 4.63. The zero-order chi connectivity index (χ0) is 27.7. The summed E-state index contributed by atoms with van der Waals surface area (Å²) < 4.78 is 46.5. The van der Waals surface area contributed by atoms with Crippen LogP contribution in [0, 0.1) is 5.82 Å². The third kappa shape index (κ3) is 7.79. The Morgan fingerprint density at radius 3 is 2.21 bits per heavy atom. The van der Waals surface area contributed by atoms with Crippen molar-refractivity contribution in [1.29, 1.82) is 0 Å². The van der Waals surface area contributed by atoms with Gasteiger partial charge in [0.2, 0.25) is 21.8 Å². The summed E-state index contributed by atoms with van der Waals surface area (Å²) in [5.74, 6) is -1.08. The first-order valence-electron chi connectivity index (χ1n) is 12.1. The molecule has 1 N–H and O–H groups in total. The van der Waals surface area contributed by atoms with Crippen LogP contribution in [0.5, 0.6) is 5.75 Å². The Morgan fingerprint density at radius 2 is 1.61 bits per heavy atom. The fourth-order valence-electron chi connectivity index (χ4n) is 3.78. The van der Waals surface area contributed by atoms with E-state index in [0.717, 1.165) is 16.1 Å². The van der Waals surface area contributed by atoms with Crippen LogP contribution in [-0.2, 0) is 32.8 Å². The van der Waals surface area contributed by atoms with E-state index in [1.807, 2.05) is 30.3 Å². The minimum Gasteiger partial charge on any atom is -0.489 e. The highest BCUT2D eigenvalue weighted by Crippen LogP contribution is 2.23. The molecule has 1 unspecified atom stereocenters. The summed E-state index contributed by atoms with van der Waals surface area (Å²) in [6.45, 7) is 3.19. The number of nitrogens with one attached hydrogen (secondary N) is 1. The number of nitrogens with zero attached hydrogens (tertiary/aromatic N) is 2. The van der Waals surface area contributed by atoms with Gasteiger partial charge in [0.15, 0.2) is 0 Å². The molecule has 1 atom stereocenters. The summed E-state index contributed by atoms with van der Waals surface area (Å²) in [7, 11) is -3.88. The summed E-state index contributed by atoms with van der Waals surface area (Å²) in [6, 6.07) is 20.9. The van der Waals surface area contributed by atoms with E-state index in [9.17, 15) is 22.4 Å². The maximum atomic E-state index is 14.4. The zero-order valence-corrected chi connectivity index (χ0v) is 22.4. The van der Waals surface area contributed by atoms with Gasteiger partial charge in [0.05, 0.1) is 11.9 Å². The van der Waals surface area contributed by atoms with E-state index >= 15 is 0 Å². The first kappa shape index (κ1) is 28.6. The lowest BCUT2D eigenvalue weighted by atomic mass is 10.1. The molecule has 0 aliphatic rings. The van der Waals surface area contributed by atoms with Gasteiger partial charge in [-0.1, -0.05) is 48.5 Å². The Hall–Kier alpha value is -3.92.